The van der Waals surface area contributed by atoms with Crippen LogP contribution in [0.3, 0.4) is 0 Å². The molecule has 1 aliphatic rings. The Morgan fingerprint density at radius 3 is 2.68 bits per heavy atom. The highest BCUT2D eigenvalue weighted by Crippen LogP contribution is 2.35. The molecule has 0 fully saturated rings. The van der Waals surface area contributed by atoms with Crippen molar-refractivity contribution in [3.05, 3.63) is 24.7 Å². The molecule has 0 aromatic carbocycles. The molecule has 3 rings (SSSR count). The third kappa shape index (κ3) is 3.01. The fourth-order valence-corrected chi connectivity index (χ4v) is 3.38. The summed E-state index contributed by atoms with van der Waals surface area (Å²) >= 11 is 0. The van der Waals surface area contributed by atoms with Gasteiger partial charge in [-0.1, -0.05) is 20.8 Å². The lowest BCUT2D eigenvalue weighted by Gasteiger charge is -2.41. The van der Waals surface area contributed by atoms with Crippen molar-refractivity contribution in [3.63, 3.8) is 0 Å². The number of aromatic nitrogens is 3. The summed E-state index contributed by atoms with van der Waals surface area (Å²) in [6, 6.07) is 1.82. The smallest absolute Gasteiger partial charge is 0.247 e. The largest absolute Gasteiger partial charge is 0.397 e. The molecule has 3 heterocycles. The highest BCUT2D eigenvalue weighted by Gasteiger charge is 2.36. The Kier molecular flexibility index (Phi) is 4.83. The zero-order valence-electron chi connectivity index (χ0n) is 14.9. The van der Waals surface area contributed by atoms with Gasteiger partial charge in [-0.2, -0.15) is 0 Å². The zero-order valence-corrected chi connectivity index (χ0v) is 14.9. The van der Waals surface area contributed by atoms with E-state index in [1.807, 2.05) is 6.92 Å². The van der Waals surface area contributed by atoms with E-state index < -0.39 is 0 Å². The number of pyridine rings is 1. The van der Waals surface area contributed by atoms with Gasteiger partial charge in [-0.25, -0.2) is 9.97 Å². The molecule has 0 radical (unpaired) electrons. The van der Waals surface area contributed by atoms with Crippen molar-refractivity contribution < 1.29 is 4.79 Å². The first-order valence-corrected chi connectivity index (χ1v) is 8.76. The minimum Gasteiger partial charge on any atom is -0.397 e. The van der Waals surface area contributed by atoms with E-state index >= 15 is 0 Å². The summed E-state index contributed by atoms with van der Waals surface area (Å²) in [6.07, 6.45) is 7.53. The minimum atomic E-state index is -0.227. The number of nitrogen functional groups attached to an aromatic ring is 1. The molecule has 0 spiro atoms. The molecule has 0 saturated carbocycles. The van der Waals surface area contributed by atoms with E-state index in [-0.39, 0.29) is 18.0 Å². The molecule has 0 aliphatic carbocycles. The summed E-state index contributed by atoms with van der Waals surface area (Å²) in [5.74, 6) is 1.31. The number of rotatable bonds is 5. The number of nitrogens with two attached hydrogens (primary N) is 1. The van der Waals surface area contributed by atoms with E-state index in [1.54, 1.807) is 24.7 Å². The molecule has 1 atom stereocenters. The van der Waals surface area contributed by atoms with E-state index in [9.17, 15) is 4.79 Å². The van der Waals surface area contributed by atoms with Crippen LogP contribution < -0.4 is 16.0 Å². The summed E-state index contributed by atoms with van der Waals surface area (Å²) in [6.45, 7) is 6.29. The van der Waals surface area contributed by atoms with E-state index in [0.717, 1.165) is 30.6 Å². The first-order valence-electron chi connectivity index (χ1n) is 8.76. The van der Waals surface area contributed by atoms with Gasteiger partial charge < -0.3 is 16.0 Å². The highest BCUT2D eigenvalue weighted by molar-refractivity contribution is 6.03. The molecular formula is C18H24N6O. The van der Waals surface area contributed by atoms with Crippen LogP contribution in [0.2, 0.25) is 0 Å². The topological polar surface area (TPSA) is 97.0 Å². The third-order valence-electron chi connectivity index (χ3n) is 4.72. The lowest BCUT2D eigenvalue weighted by atomic mass is 10.0. The average Bonchev–Trinajstić information content (AvgIpc) is 2.63. The number of carbonyl (C=O) groups is 1. The molecular weight excluding hydrogens is 316 g/mol. The van der Waals surface area contributed by atoms with Gasteiger partial charge in [0.05, 0.1) is 18.1 Å². The van der Waals surface area contributed by atoms with Gasteiger partial charge in [-0.05, 0) is 25.3 Å². The molecule has 0 bridgehead atoms. The van der Waals surface area contributed by atoms with Crippen molar-refractivity contribution in [2.24, 2.45) is 0 Å². The van der Waals surface area contributed by atoms with Crippen LogP contribution in [0.4, 0.5) is 17.2 Å². The van der Waals surface area contributed by atoms with Crippen LogP contribution >= 0.6 is 0 Å². The second kappa shape index (κ2) is 7.04. The Bertz CT molecular complexity index is 774. The van der Waals surface area contributed by atoms with Crippen LogP contribution in [0.1, 0.15) is 40.0 Å². The van der Waals surface area contributed by atoms with Gasteiger partial charge in [0.25, 0.3) is 0 Å². The molecule has 7 heteroatoms. The van der Waals surface area contributed by atoms with Crippen LogP contribution in [-0.4, -0.2) is 32.9 Å². The summed E-state index contributed by atoms with van der Waals surface area (Å²) < 4.78 is 0. The molecule has 3 N–H and O–H groups in total. The molecule has 2 aromatic rings. The van der Waals surface area contributed by atoms with Crippen LogP contribution in [0.25, 0.3) is 11.4 Å². The van der Waals surface area contributed by atoms with E-state index in [1.165, 1.54) is 0 Å². The molecule has 0 unspecified atom stereocenters. The summed E-state index contributed by atoms with van der Waals surface area (Å²) in [5, 5.41) is 2.94. The second-order valence-corrected chi connectivity index (χ2v) is 6.18. The van der Waals surface area contributed by atoms with Gasteiger partial charge in [-0.15, -0.1) is 0 Å². The van der Waals surface area contributed by atoms with E-state index in [2.05, 4.69) is 34.0 Å². The Labute approximate surface area is 147 Å². The maximum atomic E-state index is 12.5. The third-order valence-corrected chi connectivity index (χ3v) is 4.72. The lowest BCUT2D eigenvalue weighted by molar-refractivity contribution is -0.117. The number of carbonyl (C=O) groups excluding carboxylic acids is 1. The number of amides is 1. The van der Waals surface area contributed by atoms with Gasteiger partial charge in [0, 0.05) is 17.8 Å². The predicted octanol–water partition coefficient (Wildman–Crippen LogP) is 2.85. The van der Waals surface area contributed by atoms with Gasteiger partial charge >= 0.3 is 0 Å². The predicted molar refractivity (Wildman–Crippen MR) is 99.2 cm³/mol. The fraction of sp³-hybridized carbons (Fsp3) is 0.444. The Balaban J connectivity index is 2.13. The number of anilines is 3. The van der Waals surface area contributed by atoms with Crippen molar-refractivity contribution in [3.8, 4) is 11.4 Å². The molecule has 25 heavy (non-hydrogen) atoms. The lowest BCUT2D eigenvalue weighted by Crippen LogP contribution is -2.52. The maximum Gasteiger partial charge on any atom is 0.247 e. The first-order chi connectivity index (χ1) is 12.1. The molecule has 1 aliphatic heterocycles. The van der Waals surface area contributed by atoms with Crippen molar-refractivity contribution in [2.45, 2.75) is 52.1 Å². The summed E-state index contributed by atoms with van der Waals surface area (Å²) in [7, 11) is 0. The van der Waals surface area contributed by atoms with Crippen LogP contribution in [-0.2, 0) is 4.79 Å². The van der Waals surface area contributed by atoms with Gasteiger partial charge in [0.15, 0.2) is 11.6 Å². The molecule has 132 valence electrons. The molecule has 0 saturated heterocycles. The monoisotopic (exact) mass is 340 g/mol. The number of fused-ring (bicyclic) bond motifs is 1. The number of hydrogen-bond acceptors (Lipinski definition) is 6. The summed E-state index contributed by atoms with van der Waals surface area (Å²) in [4.78, 5) is 27.8. The number of nitrogens with zero attached hydrogens (tertiary/aromatic N) is 4. The van der Waals surface area contributed by atoms with Crippen molar-refractivity contribution in [1.29, 1.82) is 0 Å². The highest BCUT2D eigenvalue weighted by atomic mass is 16.2. The second-order valence-electron chi connectivity index (χ2n) is 6.18. The van der Waals surface area contributed by atoms with Gasteiger partial charge in [-0.3, -0.25) is 9.78 Å². The minimum absolute atomic E-state index is 0.00155. The quantitative estimate of drug-likeness (QED) is 0.868. The average molecular weight is 340 g/mol. The zero-order chi connectivity index (χ0) is 18.0. The Morgan fingerprint density at radius 1 is 1.28 bits per heavy atom. The van der Waals surface area contributed by atoms with Crippen LogP contribution in [0, 0.1) is 0 Å². The van der Waals surface area contributed by atoms with Crippen LogP contribution in [0.5, 0.6) is 0 Å². The molecule has 2 aromatic heterocycles. The number of nitrogens with one attached hydrogen (secondary N) is 1. The van der Waals surface area contributed by atoms with E-state index in [0.29, 0.717) is 17.2 Å². The summed E-state index contributed by atoms with van der Waals surface area (Å²) in [5.41, 5.74) is 7.95. The molecule has 1 amide bonds. The van der Waals surface area contributed by atoms with Crippen LogP contribution in [0.15, 0.2) is 24.7 Å². The van der Waals surface area contributed by atoms with Crippen molar-refractivity contribution in [2.75, 3.05) is 16.0 Å². The first kappa shape index (κ1) is 17.1. The van der Waals surface area contributed by atoms with Gasteiger partial charge in [0.1, 0.15) is 11.7 Å². The SMILES string of the molecule is CCC(CC)N1c2nc(-c3ccncc3N)ncc2NC(=O)[C@H]1CC. The van der Waals surface area contributed by atoms with E-state index in [4.69, 9.17) is 10.7 Å². The maximum absolute atomic E-state index is 12.5. The standard InChI is InChI=1S/C18H24N6O/c1-4-11(5-2)24-15(6-3)18(25)22-14-10-21-16(23-17(14)24)12-7-8-20-9-13(12)19/h7-11,15H,4-6,19H2,1-3H3,(H,22,25)/t15-/m1/s1. The Hall–Kier alpha value is -2.70. The van der Waals surface area contributed by atoms with Crippen molar-refractivity contribution in [1.82, 2.24) is 15.0 Å². The van der Waals surface area contributed by atoms with Crippen molar-refractivity contribution >= 4 is 23.1 Å². The van der Waals surface area contributed by atoms with Gasteiger partial charge in [0.2, 0.25) is 5.91 Å². The number of hydrogen-bond donors (Lipinski definition) is 2. The normalized spacial score (nSPS) is 16.7. The Morgan fingerprint density at radius 2 is 2.04 bits per heavy atom. The molecule has 7 nitrogen and oxygen atoms in total. The fourth-order valence-electron chi connectivity index (χ4n) is 3.38.